The fraction of sp³-hybridized carbons (Fsp3) is 0.556. The Balaban J connectivity index is 2.51. The Morgan fingerprint density at radius 2 is 1.95 bits per heavy atom. The second-order valence-electron chi connectivity index (χ2n) is 5.99. The van der Waals surface area contributed by atoms with E-state index in [0.29, 0.717) is 17.2 Å². The first kappa shape index (κ1) is 17.4. The van der Waals surface area contributed by atoms with Crippen molar-refractivity contribution >= 4 is 17.9 Å². The number of methoxy groups -OCH3 is 1. The Bertz CT molecular complexity index is 466. The summed E-state index contributed by atoms with van der Waals surface area (Å²) in [6.45, 7) is 6.77. The molecule has 1 rings (SSSR count). The van der Waals surface area contributed by atoms with Gasteiger partial charge in [-0.3, -0.25) is 4.99 Å². The zero-order valence-electron chi connectivity index (χ0n) is 13.6. The van der Waals surface area contributed by atoms with E-state index in [-0.39, 0.29) is 5.97 Å². The fourth-order valence-electron chi connectivity index (χ4n) is 2.19. The fourth-order valence-corrected chi connectivity index (χ4v) is 2.19. The molecule has 1 unspecified atom stereocenters. The standard InChI is InChI=1S/C18H27NO2/c1-14(2)8-7-9-15(3)12-13-19-17-11-6-5-10-16(17)18(20)21-4/h5-6,10-11,13-15H,7-9,12H2,1-4H3. The summed E-state index contributed by atoms with van der Waals surface area (Å²) >= 11 is 0. The minimum absolute atomic E-state index is 0.340. The summed E-state index contributed by atoms with van der Waals surface area (Å²) in [6, 6.07) is 7.28. The minimum Gasteiger partial charge on any atom is -0.465 e. The maximum absolute atomic E-state index is 11.6. The van der Waals surface area contributed by atoms with E-state index in [0.717, 1.165) is 12.3 Å². The Morgan fingerprint density at radius 3 is 2.62 bits per heavy atom. The molecular weight excluding hydrogens is 262 g/mol. The minimum atomic E-state index is -0.340. The number of hydrogen-bond acceptors (Lipinski definition) is 3. The molecule has 116 valence electrons. The lowest BCUT2D eigenvalue weighted by atomic mass is 9.98. The molecule has 0 amide bonds. The van der Waals surface area contributed by atoms with Gasteiger partial charge in [-0.1, -0.05) is 52.2 Å². The van der Waals surface area contributed by atoms with Gasteiger partial charge in [-0.05, 0) is 30.4 Å². The van der Waals surface area contributed by atoms with Crippen LogP contribution in [0.15, 0.2) is 29.3 Å². The van der Waals surface area contributed by atoms with E-state index in [2.05, 4.69) is 25.8 Å². The lowest BCUT2D eigenvalue weighted by Gasteiger charge is -2.09. The van der Waals surface area contributed by atoms with Crippen molar-refractivity contribution in [3.63, 3.8) is 0 Å². The van der Waals surface area contributed by atoms with Gasteiger partial charge in [0.25, 0.3) is 0 Å². The predicted molar refractivity (Wildman–Crippen MR) is 88.4 cm³/mol. The van der Waals surface area contributed by atoms with Crippen LogP contribution in [0.4, 0.5) is 5.69 Å². The van der Waals surface area contributed by atoms with Crippen LogP contribution in [0.5, 0.6) is 0 Å². The number of ether oxygens (including phenoxy) is 1. The molecule has 21 heavy (non-hydrogen) atoms. The lowest BCUT2D eigenvalue weighted by Crippen LogP contribution is -2.01. The van der Waals surface area contributed by atoms with E-state index in [1.807, 2.05) is 24.4 Å². The number of carbonyl (C=O) groups is 1. The van der Waals surface area contributed by atoms with Gasteiger partial charge in [0, 0.05) is 6.21 Å². The van der Waals surface area contributed by atoms with Crippen LogP contribution in [0.3, 0.4) is 0 Å². The normalized spacial score (nSPS) is 12.8. The zero-order valence-corrected chi connectivity index (χ0v) is 13.6. The van der Waals surface area contributed by atoms with Crippen molar-refractivity contribution in [1.29, 1.82) is 0 Å². The SMILES string of the molecule is COC(=O)c1ccccc1N=CCC(C)CCCC(C)C. The molecule has 1 aromatic carbocycles. The van der Waals surface area contributed by atoms with Gasteiger partial charge in [-0.15, -0.1) is 0 Å². The van der Waals surface area contributed by atoms with Crippen LogP contribution in [0.1, 0.15) is 56.8 Å². The summed E-state index contributed by atoms with van der Waals surface area (Å²) in [5, 5.41) is 0. The van der Waals surface area contributed by atoms with Crippen molar-refractivity contribution < 1.29 is 9.53 Å². The first-order valence-electron chi connectivity index (χ1n) is 7.74. The Morgan fingerprint density at radius 1 is 1.24 bits per heavy atom. The molecular formula is C18H27NO2. The maximum atomic E-state index is 11.6. The molecule has 0 aromatic heterocycles. The number of nitrogens with zero attached hydrogens (tertiary/aromatic N) is 1. The number of hydrogen-bond donors (Lipinski definition) is 0. The first-order valence-corrected chi connectivity index (χ1v) is 7.74. The summed E-state index contributed by atoms with van der Waals surface area (Å²) in [5.74, 6) is 1.06. The number of carbonyl (C=O) groups excluding carboxylic acids is 1. The van der Waals surface area contributed by atoms with Gasteiger partial charge in [0.15, 0.2) is 0 Å². The van der Waals surface area contributed by atoms with Crippen molar-refractivity contribution in [2.24, 2.45) is 16.8 Å². The Labute approximate surface area is 128 Å². The summed E-state index contributed by atoms with van der Waals surface area (Å²) < 4.78 is 4.77. The number of rotatable bonds is 8. The van der Waals surface area contributed by atoms with Gasteiger partial charge in [-0.2, -0.15) is 0 Å². The van der Waals surface area contributed by atoms with Crippen molar-refractivity contribution in [3.8, 4) is 0 Å². The van der Waals surface area contributed by atoms with Crippen molar-refractivity contribution in [2.45, 2.75) is 46.5 Å². The van der Waals surface area contributed by atoms with Gasteiger partial charge in [0.05, 0.1) is 18.4 Å². The highest BCUT2D eigenvalue weighted by Crippen LogP contribution is 2.20. The van der Waals surface area contributed by atoms with Gasteiger partial charge < -0.3 is 4.74 Å². The molecule has 0 saturated carbocycles. The van der Waals surface area contributed by atoms with Crippen LogP contribution in [-0.4, -0.2) is 19.3 Å². The largest absolute Gasteiger partial charge is 0.465 e. The molecule has 1 aromatic rings. The smallest absolute Gasteiger partial charge is 0.340 e. The Kier molecular flexibility index (Phi) is 7.73. The van der Waals surface area contributed by atoms with Crippen molar-refractivity contribution in [2.75, 3.05) is 7.11 Å². The van der Waals surface area contributed by atoms with E-state index in [9.17, 15) is 4.79 Å². The molecule has 0 aliphatic heterocycles. The average Bonchev–Trinajstić information content (AvgIpc) is 2.46. The molecule has 3 nitrogen and oxygen atoms in total. The average molecular weight is 289 g/mol. The summed E-state index contributed by atoms with van der Waals surface area (Å²) in [7, 11) is 1.39. The summed E-state index contributed by atoms with van der Waals surface area (Å²) in [4.78, 5) is 16.1. The highest BCUT2D eigenvalue weighted by atomic mass is 16.5. The van der Waals surface area contributed by atoms with E-state index in [1.165, 1.54) is 26.4 Å². The number of benzene rings is 1. The lowest BCUT2D eigenvalue weighted by molar-refractivity contribution is 0.0601. The van der Waals surface area contributed by atoms with Gasteiger partial charge in [0.2, 0.25) is 0 Å². The van der Waals surface area contributed by atoms with Crippen molar-refractivity contribution in [1.82, 2.24) is 0 Å². The van der Waals surface area contributed by atoms with E-state index in [4.69, 9.17) is 4.74 Å². The molecule has 0 spiro atoms. The molecule has 3 heteroatoms. The van der Waals surface area contributed by atoms with E-state index >= 15 is 0 Å². The maximum Gasteiger partial charge on any atom is 0.340 e. The number of para-hydroxylation sites is 1. The molecule has 0 bridgehead atoms. The van der Waals surface area contributed by atoms with E-state index < -0.39 is 0 Å². The summed E-state index contributed by atoms with van der Waals surface area (Å²) in [6.07, 6.45) is 6.64. The molecule has 0 saturated heterocycles. The molecule has 0 aliphatic rings. The molecule has 0 N–H and O–H groups in total. The highest BCUT2D eigenvalue weighted by molar-refractivity contribution is 5.95. The van der Waals surface area contributed by atoms with Crippen LogP contribution in [0.25, 0.3) is 0 Å². The van der Waals surface area contributed by atoms with Gasteiger partial charge >= 0.3 is 5.97 Å². The highest BCUT2D eigenvalue weighted by Gasteiger charge is 2.09. The molecule has 1 atom stereocenters. The Hall–Kier alpha value is -1.64. The van der Waals surface area contributed by atoms with E-state index in [1.54, 1.807) is 6.07 Å². The second kappa shape index (κ2) is 9.32. The monoisotopic (exact) mass is 289 g/mol. The van der Waals surface area contributed by atoms with Gasteiger partial charge in [0.1, 0.15) is 0 Å². The van der Waals surface area contributed by atoms with Crippen LogP contribution in [0, 0.1) is 11.8 Å². The second-order valence-corrected chi connectivity index (χ2v) is 5.99. The number of aliphatic imine (C=N–C) groups is 1. The third-order valence-corrected chi connectivity index (χ3v) is 3.53. The molecule has 0 fully saturated rings. The summed E-state index contributed by atoms with van der Waals surface area (Å²) in [5.41, 5.74) is 1.20. The topological polar surface area (TPSA) is 38.7 Å². The van der Waals surface area contributed by atoms with Crippen LogP contribution in [-0.2, 0) is 4.74 Å². The van der Waals surface area contributed by atoms with Crippen LogP contribution < -0.4 is 0 Å². The quantitative estimate of drug-likeness (QED) is 0.497. The molecule has 0 radical (unpaired) electrons. The van der Waals surface area contributed by atoms with Crippen LogP contribution in [0.2, 0.25) is 0 Å². The molecule has 0 heterocycles. The van der Waals surface area contributed by atoms with Gasteiger partial charge in [-0.25, -0.2) is 4.79 Å². The van der Waals surface area contributed by atoms with Crippen LogP contribution >= 0.6 is 0 Å². The first-order chi connectivity index (χ1) is 10.0. The number of esters is 1. The van der Waals surface area contributed by atoms with Crippen molar-refractivity contribution in [3.05, 3.63) is 29.8 Å². The third kappa shape index (κ3) is 6.56. The molecule has 0 aliphatic carbocycles. The third-order valence-electron chi connectivity index (χ3n) is 3.53. The predicted octanol–water partition coefficient (Wildman–Crippen LogP) is 5.03. The zero-order chi connectivity index (χ0) is 15.7.